The van der Waals surface area contributed by atoms with Crippen molar-refractivity contribution in [3.05, 3.63) is 0 Å². The molecule has 0 bridgehead atoms. The highest BCUT2D eigenvalue weighted by Crippen LogP contribution is 1.98. The molecule has 0 spiro atoms. The van der Waals surface area contributed by atoms with Gasteiger partial charge in [-0.05, 0) is 13.3 Å². The molecule has 1 atom stereocenters. The maximum atomic E-state index is 11.5. The molecule has 0 radical (unpaired) electrons. The number of aliphatic hydroxyl groups excluding tert-OH is 1. The van der Waals surface area contributed by atoms with Gasteiger partial charge in [-0.1, -0.05) is 0 Å². The Kier molecular flexibility index (Phi) is 8.95. The van der Waals surface area contributed by atoms with E-state index < -0.39 is 18.0 Å². The van der Waals surface area contributed by atoms with Crippen LogP contribution in [-0.2, 0) is 19.2 Å². The standard InChI is InChI=1S/C13H22N2O6/c1-9(16)5-7-15(10(2)17)8-6-14-13(21)11(18)3-4-12(19)20/h11,18H,3-8H2,1-2H3,(H,14,21)(H,19,20)/t11-/m0/s1. The molecule has 120 valence electrons. The van der Waals surface area contributed by atoms with E-state index in [0.29, 0.717) is 0 Å². The van der Waals surface area contributed by atoms with Crippen LogP contribution < -0.4 is 5.32 Å². The minimum absolute atomic E-state index is 0.0330. The van der Waals surface area contributed by atoms with Crippen LogP contribution in [0.1, 0.15) is 33.1 Å². The largest absolute Gasteiger partial charge is 0.481 e. The third-order valence-electron chi connectivity index (χ3n) is 2.79. The summed E-state index contributed by atoms with van der Waals surface area (Å²) >= 11 is 0. The maximum Gasteiger partial charge on any atom is 0.303 e. The number of Topliss-reactive ketones (excluding diaryl/α,β-unsaturated/α-hetero) is 1. The van der Waals surface area contributed by atoms with Gasteiger partial charge < -0.3 is 20.4 Å². The highest BCUT2D eigenvalue weighted by Gasteiger charge is 2.16. The Morgan fingerprint density at radius 2 is 1.71 bits per heavy atom. The fourth-order valence-electron chi connectivity index (χ4n) is 1.54. The number of amides is 2. The lowest BCUT2D eigenvalue weighted by atomic mass is 10.2. The first-order valence-corrected chi connectivity index (χ1v) is 6.66. The molecule has 0 heterocycles. The number of carboxylic acids is 1. The smallest absolute Gasteiger partial charge is 0.303 e. The van der Waals surface area contributed by atoms with Crippen LogP contribution in [0.15, 0.2) is 0 Å². The Morgan fingerprint density at radius 1 is 1.10 bits per heavy atom. The number of carbonyl (C=O) groups excluding carboxylic acids is 3. The van der Waals surface area contributed by atoms with Crippen molar-refractivity contribution >= 4 is 23.6 Å². The molecule has 0 aliphatic heterocycles. The molecular formula is C13H22N2O6. The highest BCUT2D eigenvalue weighted by molar-refractivity contribution is 5.81. The molecule has 0 unspecified atom stereocenters. The summed E-state index contributed by atoms with van der Waals surface area (Å²) in [5.41, 5.74) is 0. The van der Waals surface area contributed by atoms with Gasteiger partial charge >= 0.3 is 5.97 Å². The first kappa shape index (κ1) is 19.0. The van der Waals surface area contributed by atoms with Gasteiger partial charge in [0, 0.05) is 39.4 Å². The molecule has 0 saturated carbocycles. The Bertz CT molecular complexity index is 396. The third-order valence-corrected chi connectivity index (χ3v) is 2.79. The number of carbonyl (C=O) groups is 4. The molecule has 0 aliphatic carbocycles. The van der Waals surface area contributed by atoms with Crippen LogP contribution >= 0.6 is 0 Å². The average molecular weight is 302 g/mol. The molecule has 0 aromatic heterocycles. The van der Waals surface area contributed by atoms with Gasteiger partial charge in [-0.15, -0.1) is 0 Å². The molecule has 0 aromatic rings. The van der Waals surface area contributed by atoms with Gasteiger partial charge in [-0.25, -0.2) is 0 Å². The lowest BCUT2D eigenvalue weighted by molar-refractivity contribution is -0.138. The Labute approximate surface area is 123 Å². The summed E-state index contributed by atoms with van der Waals surface area (Å²) in [5, 5.41) is 20.3. The lowest BCUT2D eigenvalue weighted by Crippen LogP contribution is -2.41. The van der Waals surface area contributed by atoms with E-state index in [4.69, 9.17) is 5.11 Å². The first-order valence-electron chi connectivity index (χ1n) is 6.66. The topological polar surface area (TPSA) is 124 Å². The Balaban J connectivity index is 4.07. The highest BCUT2D eigenvalue weighted by atomic mass is 16.4. The summed E-state index contributed by atoms with van der Waals surface area (Å²) in [7, 11) is 0. The van der Waals surface area contributed by atoms with Gasteiger partial charge in [-0.3, -0.25) is 19.2 Å². The number of ketones is 1. The van der Waals surface area contributed by atoms with E-state index in [2.05, 4.69) is 5.32 Å². The van der Waals surface area contributed by atoms with Crippen molar-refractivity contribution in [1.29, 1.82) is 0 Å². The molecule has 3 N–H and O–H groups in total. The summed E-state index contributed by atoms with van der Waals surface area (Å²) in [6.45, 7) is 3.42. The minimum atomic E-state index is -1.39. The third kappa shape index (κ3) is 9.55. The number of rotatable bonds is 10. The number of nitrogens with zero attached hydrogens (tertiary/aromatic N) is 1. The van der Waals surface area contributed by atoms with Gasteiger partial charge in [0.15, 0.2) is 0 Å². The van der Waals surface area contributed by atoms with E-state index in [0.717, 1.165) is 0 Å². The number of hydrogen-bond donors (Lipinski definition) is 3. The summed E-state index contributed by atoms with van der Waals surface area (Å²) in [6.07, 6.45) is -1.60. The van der Waals surface area contributed by atoms with Gasteiger partial charge in [0.1, 0.15) is 11.9 Å². The molecule has 2 amide bonds. The van der Waals surface area contributed by atoms with Crippen LogP contribution in [0.2, 0.25) is 0 Å². The van der Waals surface area contributed by atoms with Gasteiger partial charge in [0.25, 0.3) is 0 Å². The van der Waals surface area contributed by atoms with Crippen molar-refractivity contribution in [3.63, 3.8) is 0 Å². The van der Waals surface area contributed by atoms with E-state index in [9.17, 15) is 24.3 Å². The van der Waals surface area contributed by atoms with Gasteiger partial charge in [0.2, 0.25) is 11.8 Å². The molecule has 8 nitrogen and oxygen atoms in total. The SMILES string of the molecule is CC(=O)CCN(CCNC(=O)[C@@H](O)CCC(=O)O)C(C)=O. The normalized spacial score (nSPS) is 11.6. The van der Waals surface area contributed by atoms with Crippen molar-refractivity contribution in [2.45, 2.75) is 39.2 Å². The number of aliphatic carboxylic acids is 1. The zero-order valence-electron chi connectivity index (χ0n) is 12.3. The molecular weight excluding hydrogens is 280 g/mol. The number of nitrogens with one attached hydrogen (secondary N) is 1. The quantitative estimate of drug-likeness (QED) is 0.483. The zero-order chi connectivity index (χ0) is 16.4. The fraction of sp³-hybridized carbons (Fsp3) is 0.692. The maximum absolute atomic E-state index is 11.5. The molecule has 0 saturated heterocycles. The fourth-order valence-corrected chi connectivity index (χ4v) is 1.54. The molecule has 0 fully saturated rings. The second kappa shape index (κ2) is 9.87. The van der Waals surface area contributed by atoms with Crippen LogP contribution in [-0.4, -0.2) is 64.4 Å². The van der Waals surface area contributed by atoms with E-state index in [1.165, 1.54) is 18.7 Å². The molecule has 0 aliphatic rings. The Hall–Kier alpha value is -1.96. The zero-order valence-corrected chi connectivity index (χ0v) is 12.3. The summed E-state index contributed by atoms with van der Waals surface area (Å²) in [6, 6.07) is 0. The second-order valence-corrected chi connectivity index (χ2v) is 4.70. The number of carboxylic acid groups (broad SMARTS) is 1. The van der Waals surface area contributed by atoms with Crippen molar-refractivity contribution in [2.24, 2.45) is 0 Å². The van der Waals surface area contributed by atoms with Crippen LogP contribution in [0.4, 0.5) is 0 Å². The van der Waals surface area contributed by atoms with Crippen molar-refractivity contribution in [3.8, 4) is 0 Å². The van der Waals surface area contributed by atoms with Crippen LogP contribution in [0, 0.1) is 0 Å². The van der Waals surface area contributed by atoms with E-state index in [1.54, 1.807) is 0 Å². The molecule has 0 rings (SSSR count). The van der Waals surface area contributed by atoms with E-state index in [1.807, 2.05) is 0 Å². The van der Waals surface area contributed by atoms with Crippen molar-refractivity contribution in [2.75, 3.05) is 19.6 Å². The van der Waals surface area contributed by atoms with Crippen molar-refractivity contribution < 1.29 is 29.4 Å². The van der Waals surface area contributed by atoms with Crippen LogP contribution in [0.5, 0.6) is 0 Å². The summed E-state index contributed by atoms with van der Waals surface area (Å²) in [5.74, 6) is -2.01. The van der Waals surface area contributed by atoms with Crippen molar-refractivity contribution in [1.82, 2.24) is 10.2 Å². The predicted octanol–water partition coefficient (Wildman–Crippen LogP) is -0.844. The molecule has 21 heavy (non-hydrogen) atoms. The van der Waals surface area contributed by atoms with Gasteiger partial charge in [-0.2, -0.15) is 0 Å². The predicted molar refractivity (Wildman–Crippen MR) is 73.4 cm³/mol. The van der Waals surface area contributed by atoms with Crippen LogP contribution in [0.25, 0.3) is 0 Å². The average Bonchev–Trinajstić information content (AvgIpc) is 2.38. The van der Waals surface area contributed by atoms with Gasteiger partial charge in [0.05, 0.1) is 0 Å². The number of hydrogen-bond acceptors (Lipinski definition) is 5. The van der Waals surface area contributed by atoms with Crippen LogP contribution in [0.3, 0.4) is 0 Å². The lowest BCUT2D eigenvalue weighted by Gasteiger charge is -2.21. The first-order chi connectivity index (χ1) is 9.73. The Morgan fingerprint density at radius 3 is 2.19 bits per heavy atom. The monoisotopic (exact) mass is 302 g/mol. The molecule has 8 heteroatoms. The van der Waals surface area contributed by atoms with E-state index >= 15 is 0 Å². The second-order valence-electron chi connectivity index (χ2n) is 4.70. The molecule has 0 aromatic carbocycles. The number of aliphatic hydroxyl groups is 1. The minimum Gasteiger partial charge on any atom is -0.481 e. The van der Waals surface area contributed by atoms with E-state index in [-0.39, 0.29) is 50.6 Å². The summed E-state index contributed by atoms with van der Waals surface area (Å²) in [4.78, 5) is 45.4. The summed E-state index contributed by atoms with van der Waals surface area (Å²) < 4.78 is 0.